The molecule has 0 spiro atoms. The first-order valence-electron chi connectivity index (χ1n) is 9.53. The number of anilines is 1. The summed E-state index contributed by atoms with van der Waals surface area (Å²) in [7, 11) is 0. The normalized spacial score (nSPS) is 19.4. The summed E-state index contributed by atoms with van der Waals surface area (Å²) in [6, 6.07) is 11.2. The standard InChI is InChI=1S/C23H15F4N4O/c24-12-4-5-20(19(27)6-12)31(15-3-1-2-14(28)9-15)11-30-23-17(22(31)29)10-16-18(26)7-13(25)8-21(16)32-23/h1-9,11,29H,10,28H2/q+1. The second kappa shape index (κ2) is 7.03. The number of benzene rings is 3. The summed E-state index contributed by atoms with van der Waals surface area (Å²) in [5.41, 5.74) is 6.81. The molecule has 0 saturated carbocycles. The molecule has 1 unspecified atom stereocenters. The van der Waals surface area contributed by atoms with Gasteiger partial charge in [0.25, 0.3) is 0 Å². The summed E-state index contributed by atoms with van der Waals surface area (Å²) in [4.78, 5) is 4.28. The van der Waals surface area contributed by atoms with E-state index in [1.54, 1.807) is 24.3 Å². The zero-order chi connectivity index (χ0) is 22.6. The van der Waals surface area contributed by atoms with E-state index in [0.717, 1.165) is 18.2 Å². The topological polar surface area (TPSA) is 71.5 Å². The van der Waals surface area contributed by atoms with Crippen LogP contribution in [0.4, 0.5) is 34.6 Å². The van der Waals surface area contributed by atoms with Crippen molar-refractivity contribution < 1.29 is 22.3 Å². The van der Waals surface area contributed by atoms with Crippen LogP contribution in [0.3, 0.4) is 0 Å². The molecule has 0 radical (unpaired) electrons. The van der Waals surface area contributed by atoms with Crippen molar-refractivity contribution in [2.75, 3.05) is 5.73 Å². The molecular weight excluding hydrogens is 424 g/mol. The van der Waals surface area contributed by atoms with E-state index in [-0.39, 0.29) is 40.7 Å². The van der Waals surface area contributed by atoms with Crippen LogP contribution in [0.25, 0.3) is 0 Å². The van der Waals surface area contributed by atoms with Crippen molar-refractivity contribution in [2.24, 2.45) is 4.99 Å². The van der Waals surface area contributed by atoms with E-state index in [1.165, 1.54) is 12.4 Å². The number of nitrogens with zero attached hydrogens (tertiary/aromatic N) is 2. The fraction of sp³-hybridized carbons (Fsp3) is 0.0435. The van der Waals surface area contributed by atoms with Crippen LogP contribution in [-0.4, -0.2) is 12.2 Å². The maximum absolute atomic E-state index is 15.0. The molecule has 32 heavy (non-hydrogen) atoms. The van der Waals surface area contributed by atoms with E-state index in [4.69, 9.17) is 15.9 Å². The molecule has 0 fully saturated rings. The number of aliphatic imine (C=N–C) groups is 1. The highest BCUT2D eigenvalue weighted by atomic mass is 19.1. The van der Waals surface area contributed by atoms with Crippen molar-refractivity contribution >= 4 is 29.2 Å². The molecule has 0 amide bonds. The molecule has 3 N–H and O–H groups in total. The Morgan fingerprint density at radius 3 is 2.47 bits per heavy atom. The maximum atomic E-state index is 15.0. The van der Waals surface area contributed by atoms with Gasteiger partial charge in [-0.25, -0.2) is 23.0 Å². The number of nitrogen functional groups attached to an aromatic ring is 1. The Morgan fingerprint density at radius 2 is 1.72 bits per heavy atom. The number of rotatable bonds is 2. The third-order valence-electron chi connectivity index (χ3n) is 5.49. The quantitative estimate of drug-likeness (QED) is 0.322. The van der Waals surface area contributed by atoms with Crippen LogP contribution in [0, 0.1) is 28.7 Å². The van der Waals surface area contributed by atoms with Crippen molar-refractivity contribution in [3.63, 3.8) is 0 Å². The average molecular weight is 439 g/mol. The van der Waals surface area contributed by atoms with Crippen molar-refractivity contribution in [1.82, 2.24) is 4.48 Å². The van der Waals surface area contributed by atoms with E-state index in [2.05, 4.69) is 4.99 Å². The number of fused-ring (bicyclic) bond motifs is 1. The average Bonchev–Trinajstić information content (AvgIpc) is 2.74. The molecule has 3 aromatic rings. The first-order valence-corrected chi connectivity index (χ1v) is 9.53. The van der Waals surface area contributed by atoms with Gasteiger partial charge in [0.1, 0.15) is 28.8 Å². The maximum Gasteiger partial charge on any atom is 0.245 e. The summed E-state index contributed by atoms with van der Waals surface area (Å²) in [5.74, 6) is -3.58. The van der Waals surface area contributed by atoms with Gasteiger partial charge in [-0.05, 0) is 12.1 Å². The van der Waals surface area contributed by atoms with Gasteiger partial charge in [0.2, 0.25) is 18.1 Å². The van der Waals surface area contributed by atoms with Crippen molar-refractivity contribution in [2.45, 2.75) is 6.42 Å². The molecule has 160 valence electrons. The molecule has 9 heteroatoms. The largest absolute Gasteiger partial charge is 0.438 e. The molecule has 0 bridgehead atoms. The highest BCUT2D eigenvalue weighted by molar-refractivity contribution is 6.19. The predicted molar refractivity (Wildman–Crippen MR) is 113 cm³/mol. The number of hydrogen-bond acceptors (Lipinski definition) is 4. The van der Waals surface area contributed by atoms with Crippen molar-refractivity contribution in [3.05, 3.63) is 94.9 Å². The molecular formula is C23H15F4N4O+. The zero-order valence-corrected chi connectivity index (χ0v) is 16.4. The van der Waals surface area contributed by atoms with Gasteiger partial charge < -0.3 is 10.5 Å². The van der Waals surface area contributed by atoms with Gasteiger partial charge in [0, 0.05) is 54.1 Å². The molecule has 5 rings (SSSR count). The lowest BCUT2D eigenvalue weighted by Gasteiger charge is -2.37. The Bertz CT molecular complexity index is 1370. The smallest absolute Gasteiger partial charge is 0.245 e. The number of hydrogen-bond donors (Lipinski definition) is 2. The number of nitrogens with one attached hydrogen (secondary N) is 1. The van der Waals surface area contributed by atoms with Crippen LogP contribution in [0.2, 0.25) is 0 Å². The fourth-order valence-corrected chi connectivity index (χ4v) is 3.99. The van der Waals surface area contributed by atoms with Gasteiger partial charge in [-0.15, -0.1) is 0 Å². The first-order chi connectivity index (χ1) is 15.3. The molecule has 3 aromatic carbocycles. The Labute approximate surface area is 179 Å². The van der Waals surface area contributed by atoms with Gasteiger partial charge in [0.05, 0.1) is 0 Å². The highest BCUT2D eigenvalue weighted by Gasteiger charge is 2.47. The van der Waals surface area contributed by atoms with Crippen LogP contribution in [-0.2, 0) is 6.42 Å². The molecule has 2 heterocycles. The van der Waals surface area contributed by atoms with Gasteiger partial charge in [-0.3, -0.25) is 0 Å². The number of ether oxygens (including phenoxy) is 1. The molecule has 5 nitrogen and oxygen atoms in total. The molecule has 0 aliphatic carbocycles. The van der Waals surface area contributed by atoms with Gasteiger partial charge in [-0.2, -0.15) is 9.48 Å². The Hall–Kier alpha value is -3.98. The summed E-state index contributed by atoms with van der Waals surface area (Å²) in [6.07, 6.45) is 1.13. The van der Waals surface area contributed by atoms with Gasteiger partial charge in [-0.1, -0.05) is 6.07 Å². The highest BCUT2D eigenvalue weighted by Crippen LogP contribution is 2.43. The number of halogens is 4. The molecule has 2 aliphatic heterocycles. The van der Waals surface area contributed by atoms with Crippen LogP contribution in [0.5, 0.6) is 5.75 Å². The summed E-state index contributed by atoms with van der Waals surface area (Å²) in [6.45, 7) is 0. The SMILES string of the molecule is N=C1C2=C(N=C[N+]1(c1cccc(N)c1)c1ccc(F)cc1F)Oc1cc(F)cc(F)c1C2. The molecule has 1 atom stereocenters. The minimum absolute atomic E-state index is 0.0207. The zero-order valence-electron chi connectivity index (χ0n) is 16.4. The Kier molecular flexibility index (Phi) is 4.38. The van der Waals surface area contributed by atoms with Crippen LogP contribution in [0.1, 0.15) is 5.56 Å². The number of quaternary nitrogens is 1. The van der Waals surface area contributed by atoms with Crippen molar-refractivity contribution in [3.8, 4) is 5.75 Å². The second-order valence-electron chi connectivity index (χ2n) is 7.43. The van der Waals surface area contributed by atoms with E-state index < -0.39 is 27.8 Å². The predicted octanol–water partition coefficient (Wildman–Crippen LogP) is 5.33. The number of amidine groups is 1. The lowest BCUT2D eigenvalue weighted by molar-refractivity contribution is 0.386. The van der Waals surface area contributed by atoms with Crippen LogP contribution >= 0.6 is 0 Å². The summed E-state index contributed by atoms with van der Waals surface area (Å²) >= 11 is 0. The monoisotopic (exact) mass is 439 g/mol. The van der Waals surface area contributed by atoms with E-state index in [1.807, 2.05) is 0 Å². The first kappa shape index (κ1) is 20.0. The molecule has 0 saturated heterocycles. The third kappa shape index (κ3) is 2.89. The van der Waals surface area contributed by atoms with Crippen LogP contribution in [0.15, 0.2) is 71.0 Å². The lowest BCUT2D eigenvalue weighted by atomic mass is 9.97. The molecule has 0 aromatic heterocycles. The minimum Gasteiger partial charge on any atom is -0.438 e. The van der Waals surface area contributed by atoms with E-state index in [0.29, 0.717) is 17.4 Å². The van der Waals surface area contributed by atoms with E-state index in [9.17, 15) is 13.2 Å². The Morgan fingerprint density at radius 1 is 0.938 bits per heavy atom. The third-order valence-corrected chi connectivity index (χ3v) is 5.49. The number of nitrogens with two attached hydrogens (primary N) is 1. The summed E-state index contributed by atoms with van der Waals surface area (Å²) in [5, 5.41) is 9.01. The molecule has 2 aliphatic rings. The van der Waals surface area contributed by atoms with Crippen molar-refractivity contribution in [1.29, 1.82) is 5.41 Å². The van der Waals surface area contributed by atoms with Crippen LogP contribution < -0.4 is 15.0 Å². The minimum atomic E-state index is -0.905. The Balaban J connectivity index is 1.72. The summed E-state index contributed by atoms with van der Waals surface area (Å²) < 4.78 is 61.7. The second-order valence-corrected chi connectivity index (χ2v) is 7.43. The lowest BCUT2D eigenvalue weighted by Crippen LogP contribution is -2.52. The van der Waals surface area contributed by atoms with Gasteiger partial charge >= 0.3 is 0 Å². The fourth-order valence-electron chi connectivity index (χ4n) is 3.99. The van der Waals surface area contributed by atoms with Gasteiger partial charge in [0.15, 0.2) is 17.2 Å². The van der Waals surface area contributed by atoms with E-state index >= 15 is 4.39 Å².